The van der Waals surface area contributed by atoms with Crippen LogP contribution in [0.25, 0.3) is 0 Å². The van der Waals surface area contributed by atoms with Gasteiger partial charge in [0.25, 0.3) is 0 Å². The van der Waals surface area contributed by atoms with Gasteiger partial charge in [0.15, 0.2) is 0 Å². The van der Waals surface area contributed by atoms with Crippen LogP contribution in [0.4, 0.5) is 0 Å². The maximum Gasteiger partial charge on any atom is 0.0928 e. The van der Waals surface area contributed by atoms with Gasteiger partial charge in [0.1, 0.15) is 0 Å². The maximum absolute atomic E-state index is 4.60. The van der Waals surface area contributed by atoms with Gasteiger partial charge in [-0.05, 0) is 25.3 Å². The van der Waals surface area contributed by atoms with Crippen molar-refractivity contribution in [3.8, 4) is 0 Å². The monoisotopic (exact) mass is 226 g/mol. The highest BCUT2D eigenvalue weighted by Gasteiger charge is 2.01. The molecule has 1 N–H and O–H groups in total. The number of rotatable bonds is 7. The van der Waals surface area contributed by atoms with E-state index in [0.717, 1.165) is 19.5 Å². The highest BCUT2D eigenvalue weighted by Crippen LogP contribution is 2.12. The summed E-state index contributed by atoms with van der Waals surface area (Å²) in [6, 6.07) is 0. The highest BCUT2D eigenvalue weighted by molar-refractivity contribution is 7.09. The number of nitrogens with one attached hydrogen (secondary N) is 1. The predicted octanol–water partition coefficient (Wildman–Crippen LogP) is 3.23. The van der Waals surface area contributed by atoms with Crippen LogP contribution in [0.3, 0.4) is 0 Å². The largest absolute Gasteiger partial charge is 0.311 e. The molecule has 0 radical (unpaired) electrons. The maximum atomic E-state index is 4.60. The van der Waals surface area contributed by atoms with Crippen LogP contribution in [0.2, 0.25) is 0 Å². The summed E-state index contributed by atoms with van der Waals surface area (Å²) >= 11 is 1.80. The first-order valence-electron chi connectivity index (χ1n) is 5.86. The number of hydrogen-bond donors (Lipinski definition) is 1. The number of aryl methyl sites for hydroxylation is 1. The third-order valence-corrected chi connectivity index (χ3v) is 3.16. The first-order chi connectivity index (χ1) is 7.22. The average Bonchev–Trinajstić information content (AvgIpc) is 2.62. The Labute approximate surface area is 97.1 Å². The van der Waals surface area contributed by atoms with E-state index in [9.17, 15) is 0 Å². The van der Waals surface area contributed by atoms with E-state index >= 15 is 0 Å². The molecule has 1 aromatic heterocycles. The summed E-state index contributed by atoms with van der Waals surface area (Å²) in [6.45, 7) is 8.66. The Bertz CT molecular complexity index is 268. The predicted molar refractivity (Wildman–Crippen MR) is 67.3 cm³/mol. The second-order valence-corrected chi connectivity index (χ2v) is 5.30. The SMILES string of the molecule is CCCCc1nc(CNCC(C)C)cs1. The van der Waals surface area contributed by atoms with Crippen molar-refractivity contribution in [2.75, 3.05) is 6.54 Å². The van der Waals surface area contributed by atoms with Gasteiger partial charge in [0.05, 0.1) is 10.7 Å². The molecule has 1 rings (SSSR count). The number of unbranched alkanes of at least 4 members (excludes halogenated alkanes) is 1. The quantitative estimate of drug-likeness (QED) is 0.772. The third kappa shape index (κ3) is 5.28. The molecule has 0 bridgehead atoms. The van der Waals surface area contributed by atoms with Gasteiger partial charge in [-0.25, -0.2) is 4.98 Å². The topological polar surface area (TPSA) is 24.9 Å². The van der Waals surface area contributed by atoms with Crippen LogP contribution in [-0.4, -0.2) is 11.5 Å². The van der Waals surface area contributed by atoms with E-state index in [1.807, 2.05) is 0 Å². The lowest BCUT2D eigenvalue weighted by Gasteiger charge is -2.04. The van der Waals surface area contributed by atoms with Crippen LogP contribution < -0.4 is 5.32 Å². The van der Waals surface area contributed by atoms with Crippen molar-refractivity contribution in [2.45, 2.75) is 46.6 Å². The number of hydrogen-bond acceptors (Lipinski definition) is 3. The summed E-state index contributed by atoms with van der Waals surface area (Å²) in [5, 5.41) is 6.88. The number of nitrogens with zero attached hydrogens (tertiary/aromatic N) is 1. The summed E-state index contributed by atoms with van der Waals surface area (Å²) in [5.41, 5.74) is 1.20. The minimum absolute atomic E-state index is 0.711. The summed E-state index contributed by atoms with van der Waals surface area (Å²) in [6.07, 6.45) is 3.65. The van der Waals surface area contributed by atoms with E-state index in [1.165, 1.54) is 23.5 Å². The molecule has 2 nitrogen and oxygen atoms in total. The van der Waals surface area contributed by atoms with E-state index in [2.05, 4.69) is 36.5 Å². The Balaban J connectivity index is 2.26. The molecule has 0 aliphatic rings. The van der Waals surface area contributed by atoms with Crippen molar-refractivity contribution in [3.63, 3.8) is 0 Å². The standard InChI is InChI=1S/C12H22N2S/c1-4-5-6-12-14-11(9-15-12)8-13-7-10(2)3/h9-10,13H,4-8H2,1-3H3. The molecule has 15 heavy (non-hydrogen) atoms. The fraction of sp³-hybridized carbons (Fsp3) is 0.750. The molecule has 1 heterocycles. The van der Waals surface area contributed by atoms with Crippen LogP contribution in [0.1, 0.15) is 44.3 Å². The van der Waals surface area contributed by atoms with Crippen LogP contribution in [-0.2, 0) is 13.0 Å². The zero-order valence-electron chi connectivity index (χ0n) is 10.0. The molecule has 0 unspecified atom stereocenters. The van der Waals surface area contributed by atoms with Crippen LogP contribution in [0, 0.1) is 5.92 Å². The molecule has 1 aromatic rings. The molecule has 3 heteroatoms. The number of thiazole rings is 1. The summed E-state index contributed by atoms with van der Waals surface area (Å²) < 4.78 is 0. The van der Waals surface area contributed by atoms with Crippen LogP contribution in [0.5, 0.6) is 0 Å². The zero-order valence-corrected chi connectivity index (χ0v) is 10.9. The van der Waals surface area contributed by atoms with E-state index in [-0.39, 0.29) is 0 Å². The minimum Gasteiger partial charge on any atom is -0.311 e. The Morgan fingerprint density at radius 1 is 1.47 bits per heavy atom. The molecular weight excluding hydrogens is 204 g/mol. The van der Waals surface area contributed by atoms with E-state index in [4.69, 9.17) is 0 Å². The molecule has 0 amide bonds. The summed E-state index contributed by atoms with van der Waals surface area (Å²) in [4.78, 5) is 4.60. The van der Waals surface area contributed by atoms with Gasteiger partial charge in [0, 0.05) is 11.9 Å². The van der Waals surface area contributed by atoms with Crippen molar-refractivity contribution in [3.05, 3.63) is 16.1 Å². The smallest absolute Gasteiger partial charge is 0.0928 e. The molecule has 0 aromatic carbocycles. The zero-order chi connectivity index (χ0) is 11.1. The van der Waals surface area contributed by atoms with E-state index in [0.29, 0.717) is 5.92 Å². The van der Waals surface area contributed by atoms with Gasteiger partial charge < -0.3 is 5.32 Å². The third-order valence-electron chi connectivity index (χ3n) is 2.20. The lowest BCUT2D eigenvalue weighted by molar-refractivity contribution is 0.548. The minimum atomic E-state index is 0.711. The van der Waals surface area contributed by atoms with Gasteiger partial charge >= 0.3 is 0 Å². The molecule has 0 aliphatic carbocycles. The van der Waals surface area contributed by atoms with Gasteiger partial charge in [-0.3, -0.25) is 0 Å². The second-order valence-electron chi connectivity index (χ2n) is 4.36. The second kappa shape index (κ2) is 6.96. The van der Waals surface area contributed by atoms with Gasteiger partial charge in [-0.1, -0.05) is 27.2 Å². The van der Waals surface area contributed by atoms with E-state index in [1.54, 1.807) is 11.3 Å². The van der Waals surface area contributed by atoms with Crippen LogP contribution >= 0.6 is 11.3 Å². The number of aromatic nitrogens is 1. The lowest BCUT2D eigenvalue weighted by atomic mass is 10.2. The van der Waals surface area contributed by atoms with Crippen molar-refractivity contribution < 1.29 is 0 Å². The molecule has 0 spiro atoms. The Morgan fingerprint density at radius 3 is 2.93 bits per heavy atom. The molecule has 0 aliphatic heterocycles. The Morgan fingerprint density at radius 2 is 2.27 bits per heavy atom. The lowest BCUT2D eigenvalue weighted by Crippen LogP contribution is -2.19. The molecule has 86 valence electrons. The van der Waals surface area contributed by atoms with Gasteiger partial charge in [-0.15, -0.1) is 11.3 Å². The average molecular weight is 226 g/mol. The summed E-state index contributed by atoms with van der Waals surface area (Å²) in [5.74, 6) is 0.711. The first kappa shape index (κ1) is 12.7. The molecule has 0 atom stereocenters. The fourth-order valence-electron chi connectivity index (χ4n) is 1.36. The van der Waals surface area contributed by atoms with Gasteiger partial charge in [-0.2, -0.15) is 0 Å². The molecule has 0 fully saturated rings. The Hall–Kier alpha value is -0.410. The Kier molecular flexibility index (Phi) is 5.88. The molecular formula is C12H22N2S. The highest BCUT2D eigenvalue weighted by atomic mass is 32.1. The van der Waals surface area contributed by atoms with Crippen LogP contribution in [0.15, 0.2) is 5.38 Å². The fourth-order valence-corrected chi connectivity index (χ4v) is 2.20. The van der Waals surface area contributed by atoms with Gasteiger partial charge in [0.2, 0.25) is 0 Å². The molecule has 0 saturated heterocycles. The summed E-state index contributed by atoms with van der Waals surface area (Å²) in [7, 11) is 0. The van der Waals surface area contributed by atoms with Crippen molar-refractivity contribution in [1.82, 2.24) is 10.3 Å². The van der Waals surface area contributed by atoms with Crippen molar-refractivity contribution in [1.29, 1.82) is 0 Å². The first-order valence-corrected chi connectivity index (χ1v) is 6.74. The van der Waals surface area contributed by atoms with E-state index < -0.39 is 0 Å². The normalized spacial score (nSPS) is 11.2. The molecule has 0 saturated carbocycles. The van der Waals surface area contributed by atoms with Crippen molar-refractivity contribution >= 4 is 11.3 Å². The van der Waals surface area contributed by atoms with Crippen molar-refractivity contribution in [2.24, 2.45) is 5.92 Å².